The van der Waals surface area contributed by atoms with Crippen molar-refractivity contribution in [2.45, 2.75) is 45.8 Å². The summed E-state index contributed by atoms with van der Waals surface area (Å²) >= 11 is 5.82. The summed E-state index contributed by atoms with van der Waals surface area (Å²) < 4.78 is 18.8. The van der Waals surface area contributed by atoms with E-state index >= 15 is 0 Å². The average molecular weight is 288 g/mol. The van der Waals surface area contributed by atoms with Crippen LogP contribution in [0.3, 0.4) is 0 Å². The first-order valence-electron chi connectivity index (χ1n) is 6.87. The zero-order valence-electron chi connectivity index (χ0n) is 11.9. The van der Waals surface area contributed by atoms with Crippen molar-refractivity contribution in [2.75, 3.05) is 13.2 Å². The Labute approximate surface area is 120 Å². The van der Waals surface area contributed by atoms with E-state index in [2.05, 4.69) is 19.2 Å². The molecular formula is C15H23ClFNO. The Morgan fingerprint density at radius 1 is 1.37 bits per heavy atom. The minimum atomic E-state index is -0.374. The summed E-state index contributed by atoms with van der Waals surface area (Å²) in [5.41, 5.74) is 1.02. The summed E-state index contributed by atoms with van der Waals surface area (Å²) in [5.74, 6) is -0.374. The molecule has 0 aliphatic rings. The standard InChI is InChI=1S/C15H23ClFNO/c1-4-8-18-15(11(3)19-5-2)10-12-6-7-14(17)13(16)9-12/h6-7,9,11,15,18H,4-5,8,10H2,1-3H3. The molecule has 0 aliphatic carbocycles. The fourth-order valence-corrected chi connectivity index (χ4v) is 2.24. The van der Waals surface area contributed by atoms with E-state index < -0.39 is 0 Å². The fourth-order valence-electron chi connectivity index (χ4n) is 2.03. The lowest BCUT2D eigenvalue weighted by atomic mass is 10.0. The smallest absolute Gasteiger partial charge is 0.141 e. The topological polar surface area (TPSA) is 21.3 Å². The van der Waals surface area contributed by atoms with Gasteiger partial charge in [0.05, 0.1) is 11.1 Å². The second kappa shape index (κ2) is 8.51. The molecule has 0 radical (unpaired) electrons. The summed E-state index contributed by atoms with van der Waals surface area (Å²) in [6, 6.07) is 5.10. The lowest BCUT2D eigenvalue weighted by Crippen LogP contribution is -2.42. The van der Waals surface area contributed by atoms with Crippen LogP contribution < -0.4 is 5.32 Å². The molecule has 1 aromatic carbocycles. The number of hydrogen-bond donors (Lipinski definition) is 1. The van der Waals surface area contributed by atoms with Gasteiger partial charge in [-0.15, -0.1) is 0 Å². The second-order valence-corrected chi connectivity index (χ2v) is 5.08. The van der Waals surface area contributed by atoms with Crippen molar-refractivity contribution >= 4 is 11.6 Å². The Hall–Kier alpha value is -0.640. The summed E-state index contributed by atoms with van der Waals surface area (Å²) in [6.45, 7) is 7.81. The van der Waals surface area contributed by atoms with Gasteiger partial charge in [-0.1, -0.05) is 24.6 Å². The zero-order chi connectivity index (χ0) is 14.3. The van der Waals surface area contributed by atoms with Gasteiger partial charge in [0.25, 0.3) is 0 Å². The van der Waals surface area contributed by atoms with Gasteiger partial charge < -0.3 is 10.1 Å². The second-order valence-electron chi connectivity index (χ2n) is 4.67. The van der Waals surface area contributed by atoms with E-state index in [1.807, 2.05) is 6.92 Å². The molecule has 0 aromatic heterocycles. The van der Waals surface area contributed by atoms with Crippen molar-refractivity contribution < 1.29 is 9.13 Å². The molecule has 2 nitrogen and oxygen atoms in total. The summed E-state index contributed by atoms with van der Waals surface area (Å²) in [7, 11) is 0. The molecular weight excluding hydrogens is 265 g/mol. The molecule has 19 heavy (non-hydrogen) atoms. The number of hydrogen-bond acceptors (Lipinski definition) is 2. The molecule has 0 heterocycles. The number of halogens is 2. The van der Waals surface area contributed by atoms with Gasteiger partial charge in [-0.05, 0) is 50.9 Å². The normalized spacial score (nSPS) is 14.4. The van der Waals surface area contributed by atoms with Crippen molar-refractivity contribution in [3.63, 3.8) is 0 Å². The minimum Gasteiger partial charge on any atom is -0.377 e. The lowest BCUT2D eigenvalue weighted by molar-refractivity contribution is 0.0476. The minimum absolute atomic E-state index is 0.111. The van der Waals surface area contributed by atoms with Gasteiger partial charge in [0.15, 0.2) is 0 Å². The first kappa shape index (κ1) is 16.4. The average Bonchev–Trinajstić information content (AvgIpc) is 2.39. The highest BCUT2D eigenvalue weighted by atomic mass is 35.5. The number of ether oxygens (including phenoxy) is 1. The maximum Gasteiger partial charge on any atom is 0.141 e. The van der Waals surface area contributed by atoms with Crippen LogP contribution in [0.5, 0.6) is 0 Å². The van der Waals surface area contributed by atoms with Gasteiger partial charge >= 0.3 is 0 Å². The molecule has 1 rings (SSSR count). The van der Waals surface area contributed by atoms with Crippen molar-refractivity contribution in [2.24, 2.45) is 0 Å². The molecule has 108 valence electrons. The van der Waals surface area contributed by atoms with Gasteiger partial charge in [0, 0.05) is 12.6 Å². The SMILES string of the molecule is CCCNC(Cc1ccc(F)c(Cl)c1)C(C)OCC. The molecule has 0 amide bonds. The Bertz CT molecular complexity index is 386. The van der Waals surface area contributed by atoms with E-state index in [9.17, 15) is 4.39 Å². The molecule has 0 aliphatic heterocycles. The van der Waals surface area contributed by atoms with Crippen molar-refractivity contribution in [1.29, 1.82) is 0 Å². The van der Waals surface area contributed by atoms with Crippen LogP contribution in [-0.2, 0) is 11.2 Å². The molecule has 2 atom stereocenters. The number of rotatable bonds is 8. The van der Waals surface area contributed by atoms with E-state index in [0.29, 0.717) is 6.61 Å². The van der Waals surface area contributed by atoms with Gasteiger partial charge in [-0.3, -0.25) is 0 Å². The third kappa shape index (κ3) is 5.47. The third-order valence-electron chi connectivity index (χ3n) is 3.09. The lowest BCUT2D eigenvalue weighted by Gasteiger charge is -2.25. The van der Waals surface area contributed by atoms with Gasteiger partial charge in [-0.25, -0.2) is 4.39 Å². The van der Waals surface area contributed by atoms with Crippen molar-refractivity contribution in [3.05, 3.63) is 34.6 Å². The van der Waals surface area contributed by atoms with Crippen LogP contribution in [0.2, 0.25) is 5.02 Å². The Balaban J connectivity index is 2.71. The quantitative estimate of drug-likeness (QED) is 0.785. The first-order chi connectivity index (χ1) is 9.08. The van der Waals surface area contributed by atoms with E-state index in [1.165, 1.54) is 6.07 Å². The Morgan fingerprint density at radius 2 is 2.11 bits per heavy atom. The number of benzene rings is 1. The van der Waals surface area contributed by atoms with E-state index in [4.69, 9.17) is 16.3 Å². The van der Waals surface area contributed by atoms with Crippen molar-refractivity contribution in [1.82, 2.24) is 5.32 Å². The van der Waals surface area contributed by atoms with Crippen LogP contribution in [0, 0.1) is 5.82 Å². The molecule has 2 unspecified atom stereocenters. The fraction of sp³-hybridized carbons (Fsp3) is 0.600. The van der Waals surface area contributed by atoms with Crippen LogP contribution in [-0.4, -0.2) is 25.3 Å². The first-order valence-corrected chi connectivity index (χ1v) is 7.25. The number of nitrogens with one attached hydrogen (secondary N) is 1. The highest BCUT2D eigenvalue weighted by Gasteiger charge is 2.17. The molecule has 0 bridgehead atoms. The van der Waals surface area contributed by atoms with Crippen LogP contribution in [0.1, 0.15) is 32.8 Å². The highest BCUT2D eigenvalue weighted by molar-refractivity contribution is 6.30. The van der Waals surface area contributed by atoms with Gasteiger partial charge in [0.2, 0.25) is 0 Å². The summed E-state index contributed by atoms with van der Waals surface area (Å²) in [6.07, 6.45) is 1.96. The monoisotopic (exact) mass is 287 g/mol. The predicted octanol–water partition coefficient (Wildman–Crippen LogP) is 3.81. The largest absolute Gasteiger partial charge is 0.377 e. The van der Waals surface area contributed by atoms with Crippen LogP contribution in [0.15, 0.2) is 18.2 Å². The molecule has 0 fully saturated rings. The van der Waals surface area contributed by atoms with Crippen LogP contribution in [0.4, 0.5) is 4.39 Å². The molecule has 0 spiro atoms. The maximum atomic E-state index is 13.1. The van der Waals surface area contributed by atoms with E-state index in [0.717, 1.165) is 24.9 Å². The van der Waals surface area contributed by atoms with E-state index in [-0.39, 0.29) is 23.0 Å². The molecule has 0 saturated carbocycles. The molecule has 1 N–H and O–H groups in total. The summed E-state index contributed by atoms with van der Waals surface area (Å²) in [4.78, 5) is 0. The molecule has 4 heteroatoms. The van der Waals surface area contributed by atoms with Crippen molar-refractivity contribution in [3.8, 4) is 0 Å². The van der Waals surface area contributed by atoms with Gasteiger partial charge in [-0.2, -0.15) is 0 Å². The maximum absolute atomic E-state index is 13.1. The summed E-state index contributed by atoms with van der Waals surface area (Å²) in [5, 5.41) is 3.65. The molecule has 1 aromatic rings. The predicted molar refractivity (Wildman–Crippen MR) is 78.3 cm³/mol. The van der Waals surface area contributed by atoms with Gasteiger partial charge in [0.1, 0.15) is 5.82 Å². The van der Waals surface area contributed by atoms with Crippen LogP contribution in [0.25, 0.3) is 0 Å². The highest BCUT2D eigenvalue weighted by Crippen LogP contribution is 2.18. The third-order valence-corrected chi connectivity index (χ3v) is 3.38. The Morgan fingerprint density at radius 3 is 2.68 bits per heavy atom. The van der Waals surface area contributed by atoms with Crippen LogP contribution >= 0.6 is 11.6 Å². The zero-order valence-corrected chi connectivity index (χ0v) is 12.6. The Kier molecular flexibility index (Phi) is 7.36. The molecule has 0 saturated heterocycles. The van der Waals surface area contributed by atoms with E-state index in [1.54, 1.807) is 12.1 Å².